The third kappa shape index (κ3) is 17.2. The molecule has 33 nitrogen and oxygen atoms in total. The molecule has 0 radical (unpaired) electrons. The standard InChI is InChI=1S/C70H83Cl2N9O24/c1-26(2)13-14-75-70(6)24-48(100-28(5)61(70)91)104-60-58(90)57(89)46(25-82)103-69(60)105-59-44-19-32-20-45(59)102-43-12-9-31(18-37(43)72)56(88)54-67(97)79-52(68(98)99)35-21-33(83)22-41(85)49(35)34-16-29(7-10-40(34)84)50(64(94)81-54)78-65(95)51(32)77-63(93)39(23-47(74)86)76-66(96)53(80-62(92)38(73)15-27(3)4)55(87)30-8-11-42(101-44)36(71)17-30/h7-12,16-22,26-28,38-39,46,48,50-58,60-61,69,75,82-85,87-91H,13-15,23-25,73H2,1-6H3,(H2,74,86)(H,76,96)(H,77,93)(H,78,95)(H,79,97)(H,80,92)(H,81,94)(H,98,99)/t28-,38+,39-,46+,48-,50+,51+,52-,53+,54-,55+,56+,57+,58-,60+,61+,69-,70-/m0/s1. The Morgan fingerprint density at radius 3 is 1.90 bits per heavy atom. The third-order valence-corrected chi connectivity index (χ3v) is 19.3. The molecule has 0 aromatic heterocycles. The number of aliphatic carboxylic acids is 1. The number of halogens is 2. The van der Waals surface area contributed by atoms with E-state index in [0.29, 0.717) is 13.0 Å². The van der Waals surface area contributed by atoms with Crippen LogP contribution in [0.4, 0.5) is 0 Å². The van der Waals surface area contributed by atoms with Crippen molar-refractivity contribution in [2.24, 2.45) is 23.3 Å². The Balaban J connectivity index is 1.23. The molecule has 105 heavy (non-hydrogen) atoms. The number of aliphatic hydroxyl groups is 6. The van der Waals surface area contributed by atoms with Crippen LogP contribution < -0.4 is 62.9 Å². The average Bonchev–Trinajstić information content (AvgIpc) is 0.768. The molecule has 0 aliphatic carbocycles. The molecule has 11 bridgehead atoms. The first-order valence-electron chi connectivity index (χ1n) is 33.5. The van der Waals surface area contributed by atoms with Gasteiger partial charge in [0, 0.05) is 34.7 Å². The second-order valence-corrected chi connectivity index (χ2v) is 28.3. The smallest absolute Gasteiger partial charge is 0.330 e. The van der Waals surface area contributed by atoms with Gasteiger partial charge in [-0.3, -0.25) is 33.6 Å². The number of ether oxygens (including phenoxy) is 6. The van der Waals surface area contributed by atoms with Crippen molar-refractivity contribution in [3.05, 3.63) is 117 Å². The van der Waals surface area contributed by atoms with Crippen LogP contribution in [-0.2, 0) is 52.6 Å². The van der Waals surface area contributed by atoms with Crippen LogP contribution in [0.5, 0.6) is 46.0 Å². The average molecular weight is 1510 g/mol. The zero-order chi connectivity index (χ0) is 76.5. The van der Waals surface area contributed by atoms with Crippen molar-refractivity contribution in [3.63, 3.8) is 0 Å². The molecule has 5 aromatic rings. The van der Waals surface area contributed by atoms with Gasteiger partial charge in [-0.05, 0) is 122 Å². The number of carbonyl (C=O) groups excluding carboxylic acids is 7. The number of primary amides is 1. The van der Waals surface area contributed by atoms with Crippen LogP contribution in [0.3, 0.4) is 0 Å². The number of benzene rings is 5. The van der Waals surface area contributed by atoms with E-state index in [-0.39, 0.29) is 52.1 Å². The summed E-state index contributed by atoms with van der Waals surface area (Å²) in [7, 11) is 0. The lowest BCUT2D eigenvalue weighted by molar-refractivity contribution is -0.334. The van der Waals surface area contributed by atoms with Crippen molar-refractivity contribution < 1.29 is 118 Å². The number of aromatic hydroxyl groups is 3. The Kier molecular flexibility index (Phi) is 24.1. The van der Waals surface area contributed by atoms with Crippen molar-refractivity contribution in [2.75, 3.05) is 13.2 Å². The number of phenolic OH excluding ortho intramolecular Hbond substituents is 3. The minimum atomic E-state index is -2.35. The Morgan fingerprint density at radius 2 is 1.30 bits per heavy atom. The van der Waals surface area contributed by atoms with E-state index in [1.165, 1.54) is 12.1 Å². The normalized spacial score (nSPS) is 28.8. The molecule has 7 heterocycles. The molecule has 566 valence electrons. The fraction of sp³-hybridized carbons (Fsp3) is 0.457. The maximum absolute atomic E-state index is 16.1. The van der Waals surface area contributed by atoms with Gasteiger partial charge < -0.3 is 128 Å². The van der Waals surface area contributed by atoms with Gasteiger partial charge in [0.05, 0.1) is 41.3 Å². The molecule has 2 saturated heterocycles. The number of hydrogen-bond acceptors (Lipinski definition) is 25. The fourth-order valence-corrected chi connectivity index (χ4v) is 13.5. The zero-order valence-corrected chi connectivity index (χ0v) is 58.8. The first-order chi connectivity index (χ1) is 49.5. The zero-order valence-electron chi connectivity index (χ0n) is 57.3. The van der Waals surface area contributed by atoms with E-state index in [9.17, 15) is 75.0 Å². The van der Waals surface area contributed by atoms with Gasteiger partial charge in [-0.2, -0.15) is 0 Å². The molecule has 18 atom stereocenters. The molecule has 0 spiro atoms. The van der Waals surface area contributed by atoms with E-state index >= 15 is 14.4 Å². The van der Waals surface area contributed by atoms with Gasteiger partial charge in [0.2, 0.25) is 53.4 Å². The number of carboxylic acid groups (broad SMARTS) is 1. The van der Waals surface area contributed by atoms with Crippen LogP contribution in [-0.4, -0.2) is 190 Å². The molecule has 7 aliphatic rings. The molecular weight excluding hydrogens is 1420 g/mol. The molecule has 7 amide bonds. The van der Waals surface area contributed by atoms with Crippen LogP contribution in [0.2, 0.25) is 10.0 Å². The van der Waals surface area contributed by atoms with Crippen LogP contribution >= 0.6 is 23.2 Å². The highest BCUT2D eigenvalue weighted by atomic mass is 35.5. The maximum Gasteiger partial charge on any atom is 0.330 e. The number of amides is 7. The van der Waals surface area contributed by atoms with Crippen molar-refractivity contribution in [2.45, 2.75) is 176 Å². The van der Waals surface area contributed by atoms with Crippen molar-refractivity contribution in [1.82, 2.24) is 37.2 Å². The van der Waals surface area contributed by atoms with Crippen LogP contribution in [0.15, 0.2) is 78.9 Å². The molecule has 35 heteroatoms. The summed E-state index contributed by atoms with van der Waals surface area (Å²) in [5, 5.41) is 132. The van der Waals surface area contributed by atoms with Gasteiger partial charge in [-0.25, -0.2) is 4.79 Å². The van der Waals surface area contributed by atoms with Crippen LogP contribution in [0.1, 0.15) is 125 Å². The third-order valence-electron chi connectivity index (χ3n) is 18.7. The summed E-state index contributed by atoms with van der Waals surface area (Å²) in [6.45, 7) is 10.4. The minimum absolute atomic E-state index is 0.0762. The molecule has 12 rings (SSSR count). The van der Waals surface area contributed by atoms with Crippen molar-refractivity contribution in [1.29, 1.82) is 0 Å². The summed E-state index contributed by atoms with van der Waals surface area (Å²) < 4.78 is 39.0. The number of carbonyl (C=O) groups is 8. The Bertz CT molecular complexity index is 4170. The summed E-state index contributed by atoms with van der Waals surface area (Å²) in [5.41, 5.74) is 8.04. The summed E-state index contributed by atoms with van der Waals surface area (Å²) in [5.74, 6) is -15.9. The Labute approximate surface area is 609 Å². The maximum atomic E-state index is 16.1. The number of hydrogen-bond donors (Lipinski definition) is 19. The molecule has 7 aliphatic heterocycles. The number of nitrogens with two attached hydrogens (primary N) is 2. The van der Waals surface area contributed by atoms with E-state index in [2.05, 4.69) is 37.2 Å². The SMILES string of the molecule is CC(C)CCN[C@@]1(C)C[C@H](O[C@H]2[C@H](Oc3c4cc5cc3Oc3ccc(cc3Cl)[C@@H](O)[C@@H](NC(=O)[C@H](N)CC(C)C)C(=O)N[C@@H](CC(N)=O)C(=O)N[C@H]5C(=O)N[C@H]3C(=O)N[C@H](C(=O)N[C@H](C(=O)O)c5cc(O)cc(O)c5-c5cc3ccc5O)[C@H](O)c3ccc(c(Cl)c3)O4)O[C@H](CO)[C@@H](O)[C@@H]2O)O[C@@H](C)[C@H]1O. The minimum Gasteiger partial charge on any atom is -0.508 e. The topological polar surface area (TPSA) is 530 Å². The fourth-order valence-electron chi connectivity index (χ4n) is 13.1. The molecule has 5 aromatic carbocycles. The molecule has 0 saturated carbocycles. The quantitative estimate of drug-likeness (QED) is 0.0666. The van der Waals surface area contributed by atoms with E-state index in [1.807, 2.05) is 13.8 Å². The highest BCUT2D eigenvalue weighted by Gasteiger charge is 2.52. The Morgan fingerprint density at radius 1 is 0.695 bits per heavy atom. The highest BCUT2D eigenvalue weighted by Crippen LogP contribution is 2.50. The number of fused-ring (bicyclic) bond motifs is 15. The predicted octanol–water partition coefficient (Wildman–Crippen LogP) is 1.52. The second-order valence-electron chi connectivity index (χ2n) is 27.5. The van der Waals surface area contributed by atoms with E-state index in [4.69, 9.17) is 63.1 Å². The summed E-state index contributed by atoms with van der Waals surface area (Å²) in [6, 6.07) is -0.996. The number of phenols is 3. The van der Waals surface area contributed by atoms with Crippen LogP contribution in [0, 0.1) is 11.8 Å². The van der Waals surface area contributed by atoms with E-state index < -0.39 is 237 Å². The lowest BCUT2D eigenvalue weighted by atomic mass is 9.84. The molecule has 2 fully saturated rings. The summed E-state index contributed by atoms with van der Waals surface area (Å²) in [6.07, 6.45) is -17.6. The summed E-state index contributed by atoms with van der Waals surface area (Å²) in [4.78, 5) is 117. The first-order valence-corrected chi connectivity index (χ1v) is 34.3. The molecular formula is C70H83Cl2N9O24. The number of carboxylic acids is 1. The number of nitrogens with one attached hydrogen (secondary N) is 7. The largest absolute Gasteiger partial charge is 0.508 e. The lowest BCUT2D eigenvalue weighted by Crippen LogP contribution is -2.65. The molecule has 21 N–H and O–H groups in total. The number of aliphatic hydroxyl groups excluding tert-OH is 6. The van der Waals surface area contributed by atoms with E-state index in [1.54, 1.807) is 27.7 Å². The lowest BCUT2D eigenvalue weighted by Gasteiger charge is -2.48. The molecule has 0 unspecified atom stereocenters. The monoisotopic (exact) mass is 1500 g/mol. The second kappa shape index (κ2) is 32.3. The highest BCUT2D eigenvalue weighted by molar-refractivity contribution is 6.32. The van der Waals surface area contributed by atoms with Crippen LogP contribution in [0.25, 0.3) is 11.1 Å². The predicted molar refractivity (Wildman–Crippen MR) is 368 cm³/mol. The number of rotatable bonds is 16. The van der Waals surface area contributed by atoms with Crippen molar-refractivity contribution in [3.8, 4) is 57.1 Å². The Hall–Kier alpha value is -9.20. The van der Waals surface area contributed by atoms with Gasteiger partial charge in [-0.15, -0.1) is 0 Å². The van der Waals surface area contributed by atoms with Crippen molar-refractivity contribution >= 4 is 70.5 Å². The van der Waals surface area contributed by atoms with Gasteiger partial charge in [-0.1, -0.05) is 69.1 Å². The van der Waals surface area contributed by atoms with Gasteiger partial charge in [0.1, 0.15) is 89.5 Å². The van der Waals surface area contributed by atoms with E-state index in [0.717, 1.165) is 66.7 Å². The van der Waals surface area contributed by atoms with Gasteiger partial charge in [0.15, 0.2) is 29.9 Å². The summed E-state index contributed by atoms with van der Waals surface area (Å²) >= 11 is 14.2. The first kappa shape index (κ1) is 78.4. The van der Waals surface area contributed by atoms with Gasteiger partial charge in [0.25, 0.3) is 0 Å². The van der Waals surface area contributed by atoms with Gasteiger partial charge >= 0.3 is 5.97 Å².